The molecule has 0 saturated heterocycles. The van der Waals surface area contributed by atoms with Gasteiger partial charge in [-0.3, -0.25) is 0 Å². The fourth-order valence-electron chi connectivity index (χ4n) is 8.35. The van der Waals surface area contributed by atoms with Crippen LogP contribution in [0.3, 0.4) is 0 Å². The third-order valence-corrected chi connectivity index (χ3v) is 12.2. The lowest BCUT2D eigenvalue weighted by atomic mass is 9.74. The monoisotopic (exact) mass is 665 g/mol. The molecule has 0 fully saturated rings. The van der Waals surface area contributed by atoms with Gasteiger partial charge in [-0.1, -0.05) is 113 Å². The Labute approximate surface area is 298 Å². The second kappa shape index (κ2) is 11.1. The molecule has 0 atom stereocenters. The van der Waals surface area contributed by atoms with Crippen molar-refractivity contribution in [2.24, 2.45) is 0 Å². The molecule has 0 spiro atoms. The number of aryl methyl sites for hydroxylation is 1. The first-order valence-corrected chi connectivity index (χ1v) is 18.2. The van der Waals surface area contributed by atoms with E-state index in [0.29, 0.717) is 0 Å². The molecule has 0 saturated carbocycles. The molecule has 7 aromatic rings. The highest BCUT2D eigenvalue weighted by atomic mass is 32.1. The zero-order valence-corrected chi connectivity index (χ0v) is 30.0. The molecule has 0 amide bonds. The smallest absolute Gasteiger partial charge is 0.140 e. The third kappa shape index (κ3) is 4.46. The van der Waals surface area contributed by atoms with E-state index in [0.717, 1.165) is 28.6 Å². The van der Waals surface area contributed by atoms with Crippen LogP contribution in [0.4, 0.5) is 17.1 Å². The summed E-state index contributed by atoms with van der Waals surface area (Å²) in [4.78, 5) is 3.64. The molecule has 3 heteroatoms. The average molecular weight is 666 g/mol. The second-order valence-corrected chi connectivity index (χ2v) is 15.9. The van der Waals surface area contributed by atoms with Gasteiger partial charge in [-0.05, 0) is 100 Å². The predicted octanol–water partition coefficient (Wildman–Crippen LogP) is 13.7. The van der Waals surface area contributed by atoms with Gasteiger partial charge in [0.15, 0.2) is 0 Å². The largest absolute Gasteiger partial charge is 0.456 e. The van der Waals surface area contributed by atoms with Crippen LogP contribution < -0.4 is 9.64 Å². The molecule has 2 aliphatic rings. The first kappa shape index (κ1) is 30.7. The number of ether oxygens (including phenoxy) is 1. The van der Waals surface area contributed by atoms with E-state index in [2.05, 4.69) is 173 Å². The number of anilines is 3. The molecule has 50 heavy (non-hydrogen) atoms. The molecule has 1 aromatic heterocycles. The van der Waals surface area contributed by atoms with Gasteiger partial charge in [-0.2, -0.15) is 0 Å². The molecule has 0 N–H and O–H groups in total. The predicted molar refractivity (Wildman–Crippen MR) is 213 cm³/mol. The van der Waals surface area contributed by atoms with Crippen LogP contribution in [0, 0.1) is 6.92 Å². The maximum Gasteiger partial charge on any atom is 0.140 e. The van der Waals surface area contributed by atoms with Crippen molar-refractivity contribution in [3.8, 4) is 33.8 Å². The lowest BCUT2D eigenvalue weighted by Crippen LogP contribution is -2.24. The van der Waals surface area contributed by atoms with E-state index < -0.39 is 0 Å². The Morgan fingerprint density at radius 1 is 0.600 bits per heavy atom. The van der Waals surface area contributed by atoms with Gasteiger partial charge in [0.1, 0.15) is 11.5 Å². The lowest BCUT2D eigenvalue weighted by molar-refractivity contribution is 0.423. The average Bonchev–Trinajstić information content (AvgIpc) is 3.58. The normalized spacial score (nSPS) is 14.7. The SMILES string of the molecule is C=Cc1c(C)sc2ccc3c(c12)Oc1ccc(-c2ccc(N(c4ccccc4)c4ccc5c(c4)C(C)(C)c4ccccc4-5)cc2)cc1C3(C)C. The number of fused-ring (bicyclic) bond motifs is 7. The number of thiophene rings is 1. The van der Waals surface area contributed by atoms with Crippen LogP contribution in [-0.4, -0.2) is 0 Å². The Morgan fingerprint density at radius 2 is 1.26 bits per heavy atom. The minimum absolute atomic E-state index is 0.0683. The number of nitrogens with zero attached hydrogens (tertiary/aromatic N) is 1. The highest BCUT2D eigenvalue weighted by molar-refractivity contribution is 7.19. The van der Waals surface area contributed by atoms with Gasteiger partial charge in [0.05, 0.1) is 0 Å². The summed E-state index contributed by atoms with van der Waals surface area (Å²) in [5.74, 6) is 1.89. The van der Waals surface area contributed by atoms with Crippen molar-refractivity contribution < 1.29 is 4.74 Å². The molecule has 2 nitrogen and oxygen atoms in total. The number of rotatable bonds is 5. The molecule has 0 bridgehead atoms. The Morgan fingerprint density at radius 3 is 2.04 bits per heavy atom. The van der Waals surface area contributed by atoms with Crippen LogP contribution >= 0.6 is 11.3 Å². The molecule has 0 unspecified atom stereocenters. The summed E-state index contributed by atoms with van der Waals surface area (Å²) in [6, 6.07) is 46.6. The fraction of sp³-hybridized carbons (Fsp3) is 0.149. The van der Waals surface area contributed by atoms with E-state index in [-0.39, 0.29) is 10.8 Å². The Kier molecular flexibility index (Phi) is 6.79. The van der Waals surface area contributed by atoms with Crippen LogP contribution in [0.2, 0.25) is 0 Å². The van der Waals surface area contributed by atoms with E-state index in [4.69, 9.17) is 4.74 Å². The summed E-state index contributed by atoms with van der Waals surface area (Å²) in [5, 5.41) is 1.18. The van der Waals surface area contributed by atoms with Gasteiger partial charge in [-0.15, -0.1) is 11.3 Å². The summed E-state index contributed by atoms with van der Waals surface area (Å²) in [5.41, 5.74) is 14.5. The van der Waals surface area contributed by atoms with Crippen molar-refractivity contribution in [2.75, 3.05) is 4.90 Å². The molecule has 0 radical (unpaired) electrons. The zero-order chi connectivity index (χ0) is 34.4. The first-order valence-electron chi connectivity index (χ1n) is 17.4. The summed E-state index contributed by atoms with van der Waals surface area (Å²) in [6.07, 6.45) is 1.97. The topological polar surface area (TPSA) is 12.5 Å². The highest BCUT2D eigenvalue weighted by Crippen LogP contribution is 2.54. The van der Waals surface area contributed by atoms with E-state index in [9.17, 15) is 0 Å². The quantitative estimate of drug-likeness (QED) is 0.181. The van der Waals surface area contributed by atoms with Crippen LogP contribution in [0.1, 0.15) is 60.4 Å². The van der Waals surface area contributed by atoms with Crippen molar-refractivity contribution in [1.29, 1.82) is 0 Å². The summed E-state index contributed by atoms with van der Waals surface area (Å²) in [7, 11) is 0. The van der Waals surface area contributed by atoms with Crippen LogP contribution in [-0.2, 0) is 10.8 Å². The van der Waals surface area contributed by atoms with Crippen LogP contribution in [0.5, 0.6) is 11.5 Å². The maximum absolute atomic E-state index is 6.74. The Bertz CT molecular complexity index is 2480. The minimum Gasteiger partial charge on any atom is -0.456 e. The molecule has 1 aliphatic heterocycles. The van der Waals surface area contributed by atoms with Gasteiger partial charge in [-0.25, -0.2) is 0 Å². The van der Waals surface area contributed by atoms with E-state index >= 15 is 0 Å². The van der Waals surface area contributed by atoms with Crippen molar-refractivity contribution >= 4 is 44.6 Å². The van der Waals surface area contributed by atoms with E-state index in [1.807, 2.05) is 6.08 Å². The van der Waals surface area contributed by atoms with Crippen molar-refractivity contribution in [1.82, 2.24) is 0 Å². The number of para-hydroxylation sites is 1. The van der Waals surface area contributed by atoms with Crippen LogP contribution in [0.25, 0.3) is 38.4 Å². The van der Waals surface area contributed by atoms with Gasteiger partial charge in [0, 0.05) is 54.0 Å². The number of hydrogen-bond donors (Lipinski definition) is 0. The molecule has 2 heterocycles. The zero-order valence-electron chi connectivity index (χ0n) is 29.2. The standard InChI is InChI=1S/C47H39NOS/c1-7-35-29(2)50-43-26-24-39-45(44(35)43)49-42-25-19-31(27-41(42)47(39,5)6)30-17-20-33(21-18-30)48(32-13-9-8-10-14-32)34-22-23-37-36-15-11-12-16-38(36)46(3,4)40(37)28-34/h7-28H,1H2,2-6H3. The molecule has 244 valence electrons. The maximum atomic E-state index is 6.74. The van der Waals surface area contributed by atoms with Gasteiger partial charge < -0.3 is 9.64 Å². The highest BCUT2D eigenvalue weighted by Gasteiger charge is 2.37. The molecule has 9 rings (SSSR count). The van der Waals surface area contributed by atoms with Gasteiger partial charge in [0.25, 0.3) is 0 Å². The van der Waals surface area contributed by atoms with E-state index in [1.54, 1.807) is 11.3 Å². The van der Waals surface area contributed by atoms with Gasteiger partial charge in [0.2, 0.25) is 0 Å². The molecular formula is C47H39NOS. The Balaban J connectivity index is 1.09. The summed E-state index contributed by atoms with van der Waals surface area (Å²) < 4.78 is 7.98. The number of hydrogen-bond acceptors (Lipinski definition) is 3. The summed E-state index contributed by atoms with van der Waals surface area (Å²) in [6.45, 7) is 15.6. The fourth-order valence-corrected chi connectivity index (χ4v) is 9.41. The molecule has 1 aliphatic carbocycles. The molecular weight excluding hydrogens is 627 g/mol. The van der Waals surface area contributed by atoms with Crippen molar-refractivity contribution in [2.45, 2.75) is 45.4 Å². The minimum atomic E-state index is -0.230. The third-order valence-electron chi connectivity index (χ3n) is 11.1. The van der Waals surface area contributed by atoms with E-state index in [1.165, 1.54) is 65.0 Å². The van der Waals surface area contributed by atoms with Crippen molar-refractivity contribution in [3.63, 3.8) is 0 Å². The summed E-state index contributed by atoms with van der Waals surface area (Å²) >= 11 is 1.81. The van der Waals surface area contributed by atoms with Gasteiger partial charge >= 0.3 is 0 Å². The second-order valence-electron chi connectivity index (χ2n) is 14.6. The lowest BCUT2D eigenvalue weighted by Gasteiger charge is -2.35. The van der Waals surface area contributed by atoms with Crippen molar-refractivity contribution in [3.05, 3.63) is 167 Å². The Hall–Kier alpha value is -5.38. The van der Waals surface area contributed by atoms with Crippen LogP contribution in [0.15, 0.2) is 134 Å². The number of benzene rings is 6. The first-order chi connectivity index (χ1) is 24.2. The molecule has 6 aromatic carbocycles.